The summed E-state index contributed by atoms with van der Waals surface area (Å²) in [6.07, 6.45) is 2.95. The second kappa shape index (κ2) is 7.87. The molecule has 1 aliphatic rings. The van der Waals surface area contributed by atoms with Crippen molar-refractivity contribution in [3.8, 4) is 6.07 Å². The van der Waals surface area contributed by atoms with Crippen molar-refractivity contribution in [3.63, 3.8) is 0 Å². The SMILES string of the molecule is N#Cc1ccc(S(=O)(=O)NCCCOC2CCNCC2)s1. The van der Waals surface area contributed by atoms with Gasteiger partial charge in [-0.2, -0.15) is 5.26 Å². The number of piperidine rings is 1. The molecule has 0 unspecified atom stereocenters. The van der Waals surface area contributed by atoms with E-state index in [9.17, 15) is 8.42 Å². The fraction of sp³-hybridized carbons (Fsp3) is 0.615. The smallest absolute Gasteiger partial charge is 0.250 e. The second-order valence-corrected chi connectivity index (χ2v) is 7.88. The number of rotatable bonds is 7. The summed E-state index contributed by atoms with van der Waals surface area (Å²) in [6, 6.07) is 4.90. The quantitative estimate of drug-likeness (QED) is 0.730. The maximum Gasteiger partial charge on any atom is 0.250 e. The number of nitrogens with zero attached hydrogens (tertiary/aromatic N) is 1. The topological polar surface area (TPSA) is 91.2 Å². The predicted molar refractivity (Wildman–Crippen MR) is 80.7 cm³/mol. The van der Waals surface area contributed by atoms with Crippen LogP contribution in [0.2, 0.25) is 0 Å². The molecule has 0 aliphatic carbocycles. The largest absolute Gasteiger partial charge is 0.378 e. The summed E-state index contributed by atoms with van der Waals surface area (Å²) in [5, 5.41) is 12.0. The van der Waals surface area contributed by atoms with E-state index in [1.54, 1.807) is 0 Å². The van der Waals surface area contributed by atoms with Gasteiger partial charge in [0, 0.05) is 13.2 Å². The highest BCUT2D eigenvalue weighted by Gasteiger charge is 2.16. The second-order valence-electron chi connectivity index (χ2n) is 4.80. The highest BCUT2D eigenvalue weighted by Crippen LogP contribution is 2.20. The van der Waals surface area contributed by atoms with Crippen LogP contribution in [0.1, 0.15) is 24.1 Å². The van der Waals surface area contributed by atoms with Crippen LogP contribution in [0.15, 0.2) is 16.3 Å². The maximum atomic E-state index is 12.0. The van der Waals surface area contributed by atoms with E-state index in [-0.39, 0.29) is 4.21 Å². The Labute approximate surface area is 129 Å². The van der Waals surface area contributed by atoms with Gasteiger partial charge in [0.2, 0.25) is 10.0 Å². The van der Waals surface area contributed by atoms with Crippen molar-refractivity contribution in [2.24, 2.45) is 0 Å². The number of nitrogens with one attached hydrogen (secondary N) is 2. The van der Waals surface area contributed by atoms with Crippen molar-refractivity contribution in [2.45, 2.75) is 29.6 Å². The van der Waals surface area contributed by atoms with E-state index < -0.39 is 10.0 Å². The van der Waals surface area contributed by atoms with Crippen LogP contribution in [-0.4, -0.2) is 40.8 Å². The Balaban J connectivity index is 1.68. The van der Waals surface area contributed by atoms with Gasteiger partial charge in [0.1, 0.15) is 15.2 Å². The summed E-state index contributed by atoms with van der Waals surface area (Å²) in [6.45, 7) is 2.86. The van der Waals surface area contributed by atoms with Crippen LogP contribution in [-0.2, 0) is 14.8 Å². The van der Waals surface area contributed by atoms with Crippen LogP contribution in [0, 0.1) is 11.3 Å². The molecule has 1 aromatic rings. The Morgan fingerprint density at radius 1 is 1.43 bits per heavy atom. The summed E-state index contributed by atoms with van der Waals surface area (Å²) in [4.78, 5) is 0.393. The summed E-state index contributed by atoms with van der Waals surface area (Å²) in [5.74, 6) is 0. The Hall–Kier alpha value is -0.980. The van der Waals surface area contributed by atoms with Gasteiger partial charge in [0.05, 0.1) is 6.10 Å². The fourth-order valence-electron chi connectivity index (χ4n) is 2.09. The van der Waals surface area contributed by atoms with Crippen LogP contribution in [0.3, 0.4) is 0 Å². The molecule has 1 saturated heterocycles. The molecule has 0 atom stereocenters. The monoisotopic (exact) mass is 329 g/mol. The van der Waals surface area contributed by atoms with Crippen molar-refractivity contribution in [1.82, 2.24) is 10.0 Å². The first-order valence-corrected chi connectivity index (χ1v) is 9.24. The molecule has 21 heavy (non-hydrogen) atoms. The third-order valence-electron chi connectivity index (χ3n) is 3.21. The molecule has 1 aliphatic heterocycles. The molecule has 0 aromatic carbocycles. The lowest BCUT2D eigenvalue weighted by molar-refractivity contribution is 0.0322. The average Bonchev–Trinajstić information content (AvgIpc) is 2.98. The molecule has 0 radical (unpaired) electrons. The van der Waals surface area contributed by atoms with Gasteiger partial charge in [-0.1, -0.05) is 0 Å². The van der Waals surface area contributed by atoms with Gasteiger partial charge in [-0.3, -0.25) is 0 Å². The molecule has 0 bridgehead atoms. The molecule has 0 saturated carbocycles. The first kappa shape index (κ1) is 16.4. The molecule has 2 rings (SSSR count). The third kappa shape index (κ3) is 5.05. The number of nitriles is 1. The van der Waals surface area contributed by atoms with E-state index in [4.69, 9.17) is 10.00 Å². The van der Waals surface area contributed by atoms with Crippen LogP contribution < -0.4 is 10.0 Å². The molecule has 1 fully saturated rings. The van der Waals surface area contributed by atoms with Crippen molar-refractivity contribution in [2.75, 3.05) is 26.2 Å². The van der Waals surface area contributed by atoms with E-state index in [2.05, 4.69) is 10.0 Å². The molecule has 1 aromatic heterocycles. The van der Waals surface area contributed by atoms with Crippen molar-refractivity contribution in [3.05, 3.63) is 17.0 Å². The Bertz CT molecular complexity index is 586. The van der Waals surface area contributed by atoms with Crippen LogP contribution >= 0.6 is 11.3 Å². The highest BCUT2D eigenvalue weighted by atomic mass is 32.2. The molecule has 0 amide bonds. The minimum atomic E-state index is -3.50. The first-order chi connectivity index (χ1) is 10.1. The molecular formula is C13H19N3O3S2. The lowest BCUT2D eigenvalue weighted by atomic mass is 10.1. The molecule has 116 valence electrons. The van der Waals surface area contributed by atoms with Gasteiger partial charge in [0.25, 0.3) is 0 Å². The first-order valence-electron chi connectivity index (χ1n) is 6.94. The normalized spacial score (nSPS) is 16.7. The van der Waals surface area contributed by atoms with Gasteiger partial charge in [-0.05, 0) is 44.5 Å². The highest BCUT2D eigenvalue weighted by molar-refractivity contribution is 7.91. The van der Waals surface area contributed by atoms with Crippen LogP contribution in [0.25, 0.3) is 0 Å². The average molecular weight is 329 g/mol. The predicted octanol–water partition coefficient (Wildman–Crippen LogP) is 1.06. The fourth-order valence-corrected chi connectivity index (χ4v) is 4.31. The zero-order valence-corrected chi connectivity index (χ0v) is 13.3. The van der Waals surface area contributed by atoms with E-state index in [0.29, 0.717) is 30.6 Å². The Kier molecular flexibility index (Phi) is 6.14. The van der Waals surface area contributed by atoms with Crippen molar-refractivity contribution >= 4 is 21.4 Å². The summed E-state index contributed by atoms with van der Waals surface area (Å²) < 4.78 is 32.4. The summed E-state index contributed by atoms with van der Waals surface area (Å²) in [5.41, 5.74) is 0. The molecule has 2 heterocycles. The lowest BCUT2D eigenvalue weighted by Gasteiger charge is -2.22. The number of sulfonamides is 1. The summed E-state index contributed by atoms with van der Waals surface area (Å²) >= 11 is 0.977. The molecule has 2 N–H and O–H groups in total. The standard InChI is InChI=1S/C13H19N3O3S2/c14-10-12-2-3-13(20-12)21(17,18)16-6-1-9-19-11-4-7-15-8-5-11/h2-3,11,15-16H,1,4-9H2. The molecule has 0 spiro atoms. The van der Waals surface area contributed by atoms with E-state index in [0.717, 1.165) is 37.3 Å². The minimum Gasteiger partial charge on any atom is -0.378 e. The Morgan fingerprint density at radius 2 is 2.19 bits per heavy atom. The van der Waals surface area contributed by atoms with Crippen molar-refractivity contribution < 1.29 is 13.2 Å². The zero-order valence-electron chi connectivity index (χ0n) is 11.7. The van der Waals surface area contributed by atoms with Crippen LogP contribution in [0.4, 0.5) is 0 Å². The molecular weight excluding hydrogens is 310 g/mol. The lowest BCUT2D eigenvalue weighted by Crippen LogP contribution is -2.33. The molecule has 6 nitrogen and oxygen atoms in total. The van der Waals surface area contributed by atoms with Crippen molar-refractivity contribution in [1.29, 1.82) is 5.26 Å². The van der Waals surface area contributed by atoms with Gasteiger partial charge in [-0.15, -0.1) is 11.3 Å². The van der Waals surface area contributed by atoms with Gasteiger partial charge >= 0.3 is 0 Å². The van der Waals surface area contributed by atoms with Gasteiger partial charge < -0.3 is 10.1 Å². The van der Waals surface area contributed by atoms with E-state index in [1.165, 1.54) is 12.1 Å². The number of hydrogen-bond acceptors (Lipinski definition) is 6. The molecule has 8 heteroatoms. The number of ether oxygens (including phenoxy) is 1. The summed E-state index contributed by atoms with van der Waals surface area (Å²) in [7, 11) is -3.50. The zero-order chi connectivity index (χ0) is 15.1. The van der Waals surface area contributed by atoms with Crippen LogP contribution in [0.5, 0.6) is 0 Å². The van der Waals surface area contributed by atoms with Gasteiger partial charge in [0.15, 0.2) is 0 Å². The number of hydrogen-bond donors (Lipinski definition) is 2. The van der Waals surface area contributed by atoms with Gasteiger partial charge in [-0.25, -0.2) is 13.1 Å². The maximum absolute atomic E-state index is 12.0. The van der Waals surface area contributed by atoms with E-state index >= 15 is 0 Å². The number of thiophene rings is 1. The third-order valence-corrected chi connectivity index (χ3v) is 6.15. The van der Waals surface area contributed by atoms with E-state index in [1.807, 2.05) is 6.07 Å². The minimum absolute atomic E-state index is 0.179. The Morgan fingerprint density at radius 3 is 2.86 bits per heavy atom.